The molecule has 0 radical (unpaired) electrons. The minimum absolute atomic E-state index is 1.11. The van der Waals surface area contributed by atoms with E-state index in [4.69, 9.17) is 0 Å². The highest BCUT2D eigenvalue weighted by Gasteiger charge is 2.63. The summed E-state index contributed by atoms with van der Waals surface area (Å²) in [5, 5.41) is 0. The third-order valence-corrected chi connectivity index (χ3v) is 13.2. The van der Waals surface area contributed by atoms with Crippen LogP contribution in [0, 0.1) is 82.9 Å². The molecule has 7 fully saturated rings. The lowest BCUT2D eigenvalue weighted by Gasteiger charge is -2.38. The third kappa shape index (κ3) is 3.11. The van der Waals surface area contributed by atoms with Gasteiger partial charge in [-0.25, -0.2) is 0 Å². The van der Waals surface area contributed by atoms with E-state index in [-0.39, 0.29) is 0 Å². The average Bonchev–Trinajstić information content (AvgIpc) is 3.62. The summed E-state index contributed by atoms with van der Waals surface area (Å²) in [5.74, 6) is 16.2. The van der Waals surface area contributed by atoms with Crippen LogP contribution in [0.15, 0.2) is 0 Å². The molecule has 7 aliphatic rings. The second-order valence-electron chi connectivity index (χ2n) is 13.6. The second-order valence-corrected chi connectivity index (χ2v) is 13.6. The Hall–Kier alpha value is 0. The van der Waals surface area contributed by atoms with Crippen LogP contribution in [0.3, 0.4) is 0 Å². The molecule has 0 aromatic rings. The third-order valence-electron chi connectivity index (χ3n) is 13.2. The van der Waals surface area contributed by atoms with E-state index in [1.54, 1.807) is 57.8 Å². The Bertz CT molecular complexity index is 586. The van der Waals surface area contributed by atoms with Crippen LogP contribution < -0.4 is 0 Å². The van der Waals surface area contributed by atoms with Gasteiger partial charge in [0.25, 0.3) is 0 Å². The molecule has 176 valence electrons. The van der Waals surface area contributed by atoms with Crippen molar-refractivity contribution in [1.29, 1.82) is 0 Å². The summed E-state index contributed by atoms with van der Waals surface area (Å²) in [4.78, 5) is 0. The van der Waals surface area contributed by atoms with Crippen molar-refractivity contribution in [2.45, 2.75) is 111 Å². The van der Waals surface area contributed by atoms with E-state index in [2.05, 4.69) is 27.7 Å². The van der Waals surface area contributed by atoms with Crippen molar-refractivity contribution >= 4 is 0 Å². The quantitative estimate of drug-likeness (QED) is 0.423. The van der Waals surface area contributed by atoms with Gasteiger partial charge in [0.15, 0.2) is 0 Å². The summed E-state index contributed by atoms with van der Waals surface area (Å²) in [7, 11) is 0. The predicted molar refractivity (Wildman–Crippen MR) is 132 cm³/mol. The monoisotopic (exact) mass is 424 g/mol. The lowest BCUT2D eigenvalue weighted by Crippen LogP contribution is -2.33. The van der Waals surface area contributed by atoms with Crippen LogP contribution in [0.2, 0.25) is 0 Å². The summed E-state index contributed by atoms with van der Waals surface area (Å²) in [6.07, 6.45) is 20.2. The highest BCUT2D eigenvalue weighted by Crippen LogP contribution is 2.70. The van der Waals surface area contributed by atoms with Gasteiger partial charge in [0.2, 0.25) is 0 Å². The van der Waals surface area contributed by atoms with Gasteiger partial charge in [0.05, 0.1) is 0 Å². The molecule has 7 aliphatic carbocycles. The summed E-state index contributed by atoms with van der Waals surface area (Å²) in [5.41, 5.74) is 0. The van der Waals surface area contributed by atoms with Crippen molar-refractivity contribution in [3.05, 3.63) is 0 Å². The molecule has 7 saturated carbocycles. The minimum atomic E-state index is 1.11. The van der Waals surface area contributed by atoms with Gasteiger partial charge >= 0.3 is 0 Å². The van der Waals surface area contributed by atoms with Crippen LogP contribution in [0.1, 0.15) is 111 Å². The molecular formula is C31H52. The Kier molecular flexibility index (Phi) is 5.79. The van der Waals surface area contributed by atoms with E-state index >= 15 is 0 Å². The molecule has 4 bridgehead atoms. The van der Waals surface area contributed by atoms with Gasteiger partial charge in [-0.05, 0) is 134 Å². The zero-order valence-electron chi connectivity index (χ0n) is 21.3. The number of rotatable bonds is 4. The predicted octanol–water partition coefficient (Wildman–Crippen LogP) is 8.85. The van der Waals surface area contributed by atoms with E-state index in [0.29, 0.717) is 0 Å². The Balaban J connectivity index is 0.000000122. The molecule has 0 nitrogen and oxygen atoms in total. The molecule has 14 atom stereocenters. The molecule has 0 heteroatoms. The van der Waals surface area contributed by atoms with Crippen LogP contribution in [0.5, 0.6) is 0 Å². The SMILES string of the molecule is CCC1CC(CC)C2C3CC(C4CCCC43)C12.CCC1CC(CC)C2C3CCC(C3)C12. The van der Waals surface area contributed by atoms with Crippen LogP contribution in [-0.2, 0) is 0 Å². The van der Waals surface area contributed by atoms with Crippen LogP contribution in [-0.4, -0.2) is 0 Å². The first kappa shape index (κ1) is 21.5. The molecule has 0 spiro atoms. The fourth-order valence-electron chi connectivity index (χ4n) is 12.5. The summed E-state index contributed by atoms with van der Waals surface area (Å²) in [6.45, 7) is 9.76. The zero-order valence-corrected chi connectivity index (χ0v) is 21.3. The smallest absolute Gasteiger partial charge is 0.0321 e. The van der Waals surface area contributed by atoms with Crippen LogP contribution in [0.25, 0.3) is 0 Å². The first-order chi connectivity index (χ1) is 15.2. The van der Waals surface area contributed by atoms with Crippen molar-refractivity contribution in [2.24, 2.45) is 82.9 Å². The maximum absolute atomic E-state index is 2.46. The maximum atomic E-state index is 2.46. The van der Waals surface area contributed by atoms with Gasteiger partial charge in [-0.1, -0.05) is 59.8 Å². The van der Waals surface area contributed by atoms with Gasteiger partial charge in [-0.15, -0.1) is 0 Å². The largest absolute Gasteiger partial charge is 0.0651 e. The van der Waals surface area contributed by atoms with E-state index < -0.39 is 0 Å². The summed E-state index contributed by atoms with van der Waals surface area (Å²) >= 11 is 0. The standard InChI is InChI=1S/C17H28.C14H24/c1-3-10-8-11(4-2)17-15-9-14(16(10)17)12-6-5-7-13(12)15;1-3-9-7-10(4-2)14-12-6-5-11(8-12)13(9)14/h10-17H,3-9H2,1-2H3;9-14H,3-8H2,1-2H3. The molecule has 0 aromatic carbocycles. The van der Waals surface area contributed by atoms with Crippen molar-refractivity contribution in [3.8, 4) is 0 Å². The molecule has 7 rings (SSSR count). The molecule has 0 N–H and O–H groups in total. The van der Waals surface area contributed by atoms with E-state index in [1.165, 1.54) is 73.0 Å². The minimum Gasteiger partial charge on any atom is -0.0651 e. The summed E-state index contributed by atoms with van der Waals surface area (Å²) < 4.78 is 0. The fourth-order valence-corrected chi connectivity index (χ4v) is 12.5. The molecular weight excluding hydrogens is 372 g/mol. The maximum Gasteiger partial charge on any atom is -0.0321 e. The van der Waals surface area contributed by atoms with Gasteiger partial charge < -0.3 is 0 Å². The zero-order chi connectivity index (χ0) is 21.3. The second kappa shape index (κ2) is 8.34. The van der Waals surface area contributed by atoms with Crippen LogP contribution >= 0.6 is 0 Å². The van der Waals surface area contributed by atoms with Gasteiger partial charge in [0, 0.05) is 0 Å². The lowest BCUT2D eigenvalue weighted by molar-refractivity contribution is 0.0950. The van der Waals surface area contributed by atoms with Crippen molar-refractivity contribution < 1.29 is 0 Å². The normalized spacial score (nSPS) is 57.7. The molecule has 31 heavy (non-hydrogen) atoms. The number of hydrogen-bond acceptors (Lipinski definition) is 0. The fraction of sp³-hybridized carbons (Fsp3) is 1.00. The molecule has 0 saturated heterocycles. The van der Waals surface area contributed by atoms with Gasteiger partial charge in [-0.3, -0.25) is 0 Å². The van der Waals surface area contributed by atoms with Crippen molar-refractivity contribution in [2.75, 3.05) is 0 Å². The highest BCUT2D eigenvalue weighted by molar-refractivity contribution is 5.12. The Morgan fingerprint density at radius 1 is 0.419 bits per heavy atom. The van der Waals surface area contributed by atoms with E-state index in [1.807, 2.05) is 0 Å². The Morgan fingerprint density at radius 2 is 0.839 bits per heavy atom. The average molecular weight is 425 g/mol. The first-order valence-electron chi connectivity index (χ1n) is 15.2. The van der Waals surface area contributed by atoms with E-state index in [0.717, 1.165) is 35.5 Å². The topological polar surface area (TPSA) is 0 Å². The van der Waals surface area contributed by atoms with Gasteiger partial charge in [0.1, 0.15) is 0 Å². The van der Waals surface area contributed by atoms with Crippen molar-refractivity contribution in [3.63, 3.8) is 0 Å². The first-order valence-corrected chi connectivity index (χ1v) is 15.2. The molecule has 0 heterocycles. The molecule has 0 aromatic heterocycles. The van der Waals surface area contributed by atoms with Gasteiger partial charge in [-0.2, -0.15) is 0 Å². The molecule has 14 unspecified atom stereocenters. The van der Waals surface area contributed by atoms with Crippen molar-refractivity contribution in [1.82, 2.24) is 0 Å². The number of hydrogen-bond donors (Lipinski definition) is 0. The summed E-state index contributed by atoms with van der Waals surface area (Å²) in [6, 6.07) is 0. The number of fused-ring (bicyclic) bond motifs is 13. The Morgan fingerprint density at radius 3 is 1.26 bits per heavy atom. The van der Waals surface area contributed by atoms with E-state index in [9.17, 15) is 0 Å². The Labute approximate surface area is 194 Å². The van der Waals surface area contributed by atoms with Crippen LogP contribution in [0.4, 0.5) is 0 Å². The highest BCUT2D eigenvalue weighted by atomic mass is 14.7. The lowest BCUT2D eigenvalue weighted by atomic mass is 9.67. The molecule has 0 amide bonds. The molecule has 0 aliphatic heterocycles.